The van der Waals surface area contributed by atoms with E-state index in [9.17, 15) is 9.59 Å². The first kappa shape index (κ1) is 18.2. The molecular formula is C20H25BrN2O2. The molecule has 1 aromatic carbocycles. The molecule has 1 fully saturated rings. The highest BCUT2D eigenvalue weighted by molar-refractivity contribution is 9.10. The number of rotatable bonds is 2. The lowest BCUT2D eigenvalue weighted by Gasteiger charge is -2.33. The Morgan fingerprint density at radius 1 is 1.24 bits per heavy atom. The molecule has 1 amide bonds. The number of carbonyl (C=O) groups excluding carboxylic acids is 1. The maximum absolute atomic E-state index is 13.2. The van der Waals surface area contributed by atoms with E-state index in [-0.39, 0.29) is 17.4 Å². The minimum absolute atomic E-state index is 0.0604. The number of halogens is 1. The second kappa shape index (κ2) is 7.32. The van der Waals surface area contributed by atoms with E-state index in [4.69, 9.17) is 0 Å². The number of aromatic amines is 1. The fourth-order valence-electron chi connectivity index (χ4n) is 3.72. The van der Waals surface area contributed by atoms with Crippen molar-refractivity contribution < 1.29 is 4.79 Å². The van der Waals surface area contributed by atoms with Crippen LogP contribution in [-0.2, 0) is 0 Å². The van der Waals surface area contributed by atoms with Crippen molar-refractivity contribution >= 4 is 32.7 Å². The van der Waals surface area contributed by atoms with Crippen molar-refractivity contribution in [1.82, 2.24) is 9.88 Å². The molecule has 1 aliphatic rings. The largest absolute Gasteiger partial charge is 0.350 e. The second-order valence-electron chi connectivity index (χ2n) is 7.52. The molecule has 2 heterocycles. The number of hydrogen-bond acceptors (Lipinski definition) is 2. The SMILES string of the molecule is CC1CCC(C(C)C)N(C(=O)c2cc(=O)c3cc(Br)ccc3[nH]2)CC1. The third kappa shape index (κ3) is 3.81. The molecule has 2 atom stereocenters. The highest BCUT2D eigenvalue weighted by Crippen LogP contribution is 2.27. The zero-order chi connectivity index (χ0) is 18.1. The average Bonchev–Trinajstić information content (AvgIpc) is 2.76. The number of hydrogen-bond donors (Lipinski definition) is 1. The van der Waals surface area contributed by atoms with Crippen LogP contribution in [0.1, 0.15) is 50.5 Å². The molecule has 0 bridgehead atoms. The van der Waals surface area contributed by atoms with Crippen molar-refractivity contribution in [1.29, 1.82) is 0 Å². The Morgan fingerprint density at radius 3 is 2.72 bits per heavy atom. The molecule has 1 aromatic heterocycles. The van der Waals surface area contributed by atoms with Crippen molar-refractivity contribution in [2.24, 2.45) is 11.8 Å². The van der Waals surface area contributed by atoms with Crippen LogP contribution in [0.15, 0.2) is 33.5 Å². The Bertz CT molecular complexity index is 843. The first-order valence-corrected chi connectivity index (χ1v) is 9.79. The van der Waals surface area contributed by atoms with Crippen LogP contribution < -0.4 is 5.43 Å². The maximum atomic E-state index is 13.2. The van der Waals surface area contributed by atoms with Gasteiger partial charge in [0, 0.05) is 34.0 Å². The molecule has 134 valence electrons. The van der Waals surface area contributed by atoms with Gasteiger partial charge in [0.05, 0.1) is 0 Å². The van der Waals surface area contributed by atoms with E-state index in [0.29, 0.717) is 28.4 Å². The highest BCUT2D eigenvalue weighted by Gasteiger charge is 2.30. The standard InChI is InChI=1S/C20H25BrN2O2/c1-12(2)18-7-4-13(3)8-9-23(18)20(25)17-11-19(24)15-10-14(21)5-6-16(15)22-17/h5-6,10-13,18H,4,7-9H2,1-3H3,(H,22,24). The van der Waals surface area contributed by atoms with E-state index in [1.54, 1.807) is 6.07 Å². The molecule has 5 heteroatoms. The lowest BCUT2D eigenvalue weighted by Crippen LogP contribution is -2.43. The third-order valence-corrected chi connectivity index (χ3v) is 5.76. The predicted molar refractivity (Wildman–Crippen MR) is 105 cm³/mol. The van der Waals surface area contributed by atoms with Gasteiger partial charge in [-0.25, -0.2) is 0 Å². The van der Waals surface area contributed by atoms with E-state index in [0.717, 1.165) is 30.3 Å². The van der Waals surface area contributed by atoms with Crippen LogP contribution in [0.2, 0.25) is 0 Å². The summed E-state index contributed by atoms with van der Waals surface area (Å²) in [4.78, 5) is 30.8. The molecule has 2 unspecified atom stereocenters. The topological polar surface area (TPSA) is 53.2 Å². The quantitative estimate of drug-likeness (QED) is 0.796. The van der Waals surface area contributed by atoms with Gasteiger partial charge in [-0.2, -0.15) is 0 Å². The van der Waals surface area contributed by atoms with Crippen LogP contribution in [0.5, 0.6) is 0 Å². The van der Waals surface area contributed by atoms with Crippen molar-refractivity contribution in [2.75, 3.05) is 6.54 Å². The molecule has 0 saturated carbocycles. The number of nitrogens with one attached hydrogen (secondary N) is 1. The van der Waals surface area contributed by atoms with Crippen LogP contribution in [0, 0.1) is 11.8 Å². The fourth-order valence-corrected chi connectivity index (χ4v) is 4.08. The minimum Gasteiger partial charge on any atom is -0.350 e. The van der Waals surface area contributed by atoms with Crippen LogP contribution in [0.4, 0.5) is 0 Å². The highest BCUT2D eigenvalue weighted by atomic mass is 79.9. The number of amides is 1. The maximum Gasteiger partial charge on any atom is 0.270 e. The number of nitrogens with zero attached hydrogens (tertiary/aromatic N) is 1. The number of pyridine rings is 1. The summed E-state index contributed by atoms with van der Waals surface area (Å²) >= 11 is 3.39. The number of H-pyrrole nitrogens is 1. The van der Waals surface area contributed by atoms with Crippen LogP contribution in [-0.4, -0.2) is 28.4 Å². The molecule has 4 nitrogen and oxygen atoms in total. The number of carbonyl (C=O) groups is 1. The Hall–Kier alpha value is -1.62. The van der Waals surface area contributed by atoms with Gasteiger partial charge in [-0.1, -0.05) is 36.7 Å². The molecular weight excluding hydrogens is 380 g/mol. The van der Waals surface area contributed by atoms with Gasteiger partial charge in [-0.05, 0) is 49.3 Å². The first-order valence-electron chi connectivity index (χ1n) is 9.00. The van der Waals surface area contributed by atoms with Crippen LogP contribution in [0.25, 0.3) is 10.9 Å². The molecule has 0 radical (unpaired) electrons. The summed E-state index contributed by atoms with van der Waals surface area (Å²) in [5.74, 6) is 0.971. The molecule has 1 aliphatic heterocycles. The molecule has 2 aromatic rings. The third-order valence-electron chi connectivity index (χ3n) is 5.27. The van der Waals surface area contributed by atoms with E-state index >= 15 is 0 Å². The van der Waals surface area contributed by atoms with Crippen LogP contribution >= 0.6 is 15.9 Å². The van der Waals surface area contributed by atoms with E-state index in [1.165, 1.54) is 6.07 Å². The number of likely N-dealkylation sites (tertiary alicyclic amines) is 1. The Kier molecular flexibility index (Phi) is 5.32. The average molecular weight is 405 g/mol. The van der Waals surface area contributed by atoms with Crippen molar-refractivity contribution in [3.63, 3.8) is 0 Å². The zero-order valence-corrected chi connectivity index (χ0v) is 16.6. The smallest absolute Gasteiger partial charge is 0.270 e. The number of benzene rings is 1. The molecule has 1 N–H and O–H groups in total. The molecule has 3 rings (SSSR count). The number of aromatic nitrogens is 1. The summed E-state index contributed by atoms with van der Waals surface area (Å²) in [5, 5.41) is 0.593. The number of fused-ring (bicyclic) bond motifs is 1. The normalized spacial score (nSPS) is 21.6. The molecule has 0 spiro atoms. The summed E-state index contributed by atoms with van der Waals surface area (Å²) in [6, 6.07) is 7.16. The van der Waals surface area contributed by atoms with Crippen molar-refractivity contribution in [3.05, 3.63) is 44.7 Å². The van der Waals surface area contributed by atoms with E-state index < -0.39 is 0 Å². The van der Waals surface area contributed by atoms with Crippen molar-refractivity contribution in [3.8, 4) is 0 Å². The van der Waals surface area contributed by atoms with Gasteiger partial charge in [0.2, 0.25) is 0 Å². The molecule has 1 saturated heterocycles. The lowest BCUT2D eigenvalue weighted by molar-refractivity contribution is 0.0625. The van der Waals surface area contributed by atoms with Gasteiger partial charge in [0.25, 0.3) is 5.91 Å². The summed E-state index contributed by atoms with van der Waals surface area (Å²) < 4.78 is 0.853. The second-order valence-corrected chi connectivity index (χ2v) is 8.43. The van der Waals surface area contributed by atoms with Gasteiger partial charge in [-0.15, -0.1) is 0 Å². The Morgan fingerprint density at radius 2 is 2.00 bits per heavy atom. The van der Waals surface area contributed by atoms with Crippen LogP contribution in [0.3, 0.4) is 0 Å². The lowest BCUT2D eigenvalue weighted by atomic mass is 9.95. The molecule has 25 heavy (non-hydrogen) atoms. The first-order chi connectivity index (χ1) is 11.9. The van der Waals surface area contributed by atoms with E-state index in [2.05, 4.69) is 41.7 Å². The predicted octanol–water partition coefficient (Wildman–Crippen LogP) is 4.58. The van der Waals surface area contributed by atoms with E-state index in [1.807, 2.05) is 17.0 Å². The Labute approximate surface area is 156 Å². The van der Waals surface area contributed by atoms with Crippen molar-refractivity contribution in [2.45, 2.75) is 46.1 Å². The monoisotopic (exact) mass is 404 g/mol. The fraction of sp³-hybridized carbons (Fsp3) is 0.500. The van der Waals surface area contributed by atoms with Gasteiger partial charge < -0.3 is 9.88 Å². The summed E-state index contributed by atoms with van der Waals surface area (Å²) in [7, 11) is 0. The van der Waals surface area contributed by atoms with Gasteiger partial charge >= 0.3 is 0 Å². The zero-order valence-electron chi connectivity index (χ0n) is 15.0. The summed E-state index contributed by atoms with van der Waals surface area (Å²) in [6.45, 7) is 7.34. The van der Waals surface area contributed by atoms with Gasteiger partial charge in [0.1, 0.15) is 5.69 Å². The van der Waals surface area contributed by atoms with Gasteiger partial charge in [0.15, 0.2) is 5.43 Å². The minimum atomic E-state index is -0.123. The molecule has 0 aliphatic carbocycles. The van der Waals surface area contributed by atoms with Gasteiger partial charge in [-0.3, -0.25) is 9.59 Å². The summed E-state index contributed by atoms with van der Waals surface area (Å²) in [6.07, 6.45) is 3.18. The summed E-state index contributed by atoms with van der Waals surface area (Å²) in [5.41, 5.74) is 0.964. The Balaban J connectivity index is 1.99.